The second-order valence-electron chi connectivity index (χ2n) is 16.8. The number of halogens is 2. The summed E-state index contributed by atoms with van der Waals surface area (Å²) >= 11 is 6.03. The number of benzene rings is 2. The highest BCUT2D eigenvalue weighted by Crippen LogP contribution is 2.34. The topological polar surface area (TPSA) is 114 Å². The molecule has 13 heteroatoms. The number of carboxylic acid groups (broad SMARTS) is 1. The van der Waals surface area contributed by atoms with E-state index in [1.807, 2.05) is 9.80 Å². The molecule has 5 fully saturated rings. The van der Waals surface area contributed by atoms with Crippen LogP contribution in [0, 0.1) is 23.6 Å². The average Bonchev–Trinajstić information content (AvgIpc) is 4.09. The van der Waals surface area contributed by atoms with Crippen molar-refractivity contribution in [2.75, 3.05) is 65.1 Å². The molecule has 3 atom stereocenters. The molecule has 5 aliphatic rings. The molecule has 3 saturated heterocycles. The number of carboxylic acids is 1. The highest BCUT2D eigenvalue weighted by atomic mass is 35.5. The Labute approximate surface area is 338 Å². The maximum Gasteiger partial charge on any atom is 0.312 e. The molecule has 2 N–H and O–H groups in total. The van der Waals surface area contributed by atoms with Crippen LogP contribution in [0.15, 0.2) is 42.5 Å². The molecule has 3 aliphatic heterocycles. The van der Waals surface area contributed by atoms with Crippen LogP contribution in [0.1, 0.15) is 104 Å². The third-order valence-electron chi connectivity index (χ3n) is 12.9. The van der Waals surface area contributed by atoms with Crippen molar-refractivity contribution < 1.29 is 28.7 Å². The van der Waals surface area contributed by atoms with Crippen LogP contribution in [0.25, 0.3) is 0 Å². The van der Waals surface area contributed by atoms with Crippen LogP contribution in [0.2, 0.25) is 5.02 Å². The molecule has 56 heavy (non-hydrogen) atoms. The Morgan fingerprint density at radius 3 is 2.20 bits per heavy atom. The number of rotatable bonds is 12. The first-order chi connectivity index (χ1) is 27.1. The molecule has 10 nitrogen and oxygen atoms in total. The fourth-order valence-electron chi connectivity index (χ4n) is 9.34. The molecule has 302 valence electrons. The van der Waals surface area contributed by atoms with Crippen molar-refractivity contribution in [3.05, 3.63) is 70.0 Å². The van der Waals surface area contributed by atoms with Gasteiger partial charge in [-0.15, -0.1) is 0 Å². The second-order valence-corrected chi connectivity index (χ2v) is 18.7. The van der Waals surface area contributed by atoms with E-state index < -0.39 is 29.7 Å². The number of amides is 3. The van der Waals surface area contributed by atoms with Crippen LogP contribution in [0.3, 0.4) is 0 Å². The summed E-state index contributed by atoms with van der Waals surface area (Å²) in [5, 5.41) is 13.6. The normalized spacial score (nSPS) is 23.3. The van der Waals surface area contributed by atoms with Crippen molar-refractivity contribution in [1.82, 2.24) is 24.9 Å². The van der Waals surface area contributed by atoms with E-state index in [0.29, 0.717) is 58.4 Å². The predicted molar refractivity (Wildman–Crippen MR) is 215 cm³/mol. The zero-order valence-electron chi connectivity index (χ0n) is 32.5. The van der Waals surface area contributed by atoms with Gasteiger partial charge in [-0.05, 0) is 111 Å². The fourth-order valence-corrected chi connectivity index (χ4v) is 11.1. The highest BCUT2D eigenvalue weighted by molar-refractivity contribution is 6.38. The molecule has 3 heterocycles. The summed E-state index contributed by atoms with van der Waals surface area (Å²) in [5.41, 5.74) is 1.27. The lowest BCUT2D eigenvalue weighted by Gasteiger charge is -2.41. The van der Waals surface area contributed by atoms with Crippen molar-refractivity contribution >= 4 is 44.8 Å². The Morgan fingerprint density at radius 1 is 0.804 bits per heavy atom. The minimum absolute atomic E-state index is 0.00426. The van der Waals surface area contributed by atoms with Gasteiger partial charge in [-0.2, -0.15) is 0 Å². The number of hydrogen-bond acceptors (Lipinski definition) is 6. The Kier molecular flexibility index (Phi) is 13.8. The molecule has 2 aromatic rings. The quantitative estimate of drug-likeness (QED) is 0.268. The zero-order chi connectivity index (χ0) is 39.2. The van der Waals surface area contributed by atoms with E-state index in [9.17, 15) is 24.3 Å². The molecule has 2 aromatic carbocycles. The van der Waals surface area contributed by atoms with Gasteiger partial charge in [0.25, 0.3) is 5.91 Å². The van der Waals surface area contributed by atoms with E-state index in [4.69, 9.17) is 11.6 Å². The van der Waals surface area contributed by atoms with Crippen LogP contribution in [0.4, 0.5) is 4.39 Å². The lowest BCUT2D eigenvalue weighted by molar-refractivity contribution is -0.139. The molecule has 2 saturated carbocycles. The van der Waals surface area contributed by atoms with E-state index in [-0.39, 0.29) is 34.8 Å². The number of likely N-dealkylation sites (tertiary alicyclic amines) is 1. The lowest BCUT2D eigenvalue weighted by atomic mass is 9.83. The molecular formula is C43H57ClFN5O5Si. The van der Waals surface area contributed by atoms with Gasteiger partial charge in [-0.3, -0.25) is 24.1 Å². The van der Waals surface area contributed by atoms with Crippen molar-refractivity contribution in [2.24, 2.45) is 17.8 Å². The third-order valence-corrected chi connectivity index (χ3v) is 14.8. The van der Waals surface area contributed by atoms with Crippen LogP contribution in [-0.2, 0) is 14.4 Å². The van der Waals surface area contributed by atoms with E-state index in [1.54, 1.807) is 36.4 Å². The summed E-state index contributed by atoms with van der Waals surface area (Å²) in [6.45, 7) is 6.54. The minimum Gasteiger partial charge on any atom is -0.481 e. The molecule has 2 radical (unpaired) electrons. The number of piperazine rings is 1. The second kappa shape index (κ2) is 19.0. The SMILES string of the molecule is O=C(N[C@@H](C(=O)N1CCN(CC2CCN(CC(C(=O)O)c3ccc(Cl)cc3)CC2)CC1)C1CCCCC1)c1cccc([C@@H]2CCCN(C(=O)C3CC3)C[Si]2)c1F. The van der Waals surface area contributed by atoms with Crippen molar-refractivity contribution in [3.8, 4) is 0 Å². The van der Waals surface area contributed by atoms with Crippen LogP contribution in [-0.4, -0.2) is 129 Å². The lowest BCUT2D eigenvalue weighted by Crippen LogP contribution is -2.57. The van der Waals surface area contributed by atoms with Crippen LogP contribution < -0.4 is 5.32 Å². The molecule has 7 rings (SSSR count). The van der Waals surface area contributed by atoms with Crippen LogP contribution >= 0.6 is 11.6 Å². The monoisotopic (exact) mass is 805 g/mol. The van der Waals surface area contributed by atoms with Gasteiger partial charge in [0.2, 0.25) is 11.8 Å². The Morgan fingerprint density at radius 2 is 1.52 bits per heavy atom. The Balaban J connectivity index is 0.916. The Bertz CT molecular complexity index is 1690. The Hall–Kier alpha value is -3.32. The van der Waals surface area contributed by atoms with Crippen molar-refractivity contribution in [1.29, 1.82) is 0 Å². The number of piperidine rings is 1. The molecular weight excluding hydrogens is 749 g/mol. The van der Waals surface area contributed by atoms with E-state index >= 15 is 4.39 Å². The van der Waals surface area contributed by atoms with Gasteiger partial charge in [0.1, 0.15) is 11.9 Å². The minimum atomic E-state index is -0.824. The smallest absolute Gasteiger partial charge is 0.312 e. The van der Waals surface area contributed by atoms with Gasteiger partial charge in [-0.25, -0.2) is 4.39 Å². The molecule has 1 unspecified atom stereocenters. The molecule has 0 spiro atoms. The fraction of sp³-hybridized carbons (Fsp3) is 0.628. The van der Waals surface area contributed by atoms with Crippen LogP contribution in [0.5, 0.6) is 0 Å². The summed E-state index contributed by atoms with van der Waals surface area (Å²) in [6, 6.07) is 11.5. The number of aliphatic carboxylic acids is 1. The summed E-state index contributed by atoms with van der Waals surface area (Å²) in [4.78, 5) is 61.5. The summed E-state index contributed by atoms with van der Waals surface area (Å²) in [6.07, 6.45) is 11.1. The maximum atomic E-state index is 16.2. The van der Waals surface area contributed by atoms with Gasteiger partial charge in [0.15, 0.2) is 0 Å². The largest absolute Gasteiger partial charge is 0.481 e. The number of hydrogen-bond donors (Lipinski definition) is 2. The van der Waals surface area contributed by atoms with Gasteiger partial charge < -0.3 is 25.1 Å². The molecule has 3 amide bonds. The predicted octanol–water partition coefficient (Wildman–Crippen LogP) is 5.62. The van der Waals surface area contributed by atoms with Crippen molar-refractivity contribution in [3.63, 3.8) is 0 Å². The molecule has 2 aliphatic carbocycles. The summed E-state index contributed by atoms with van der Waals surface area (Å²) in [7, 11) is 0.375. The van der Waals surface area contributed by atoms with Gasteiger partial charge in [0, 0.05) is 62.9 Å². The van der Waals surface area contributed by atoms with Gasteiger partial charge in [-0.1, -0.05) is 55.1 Å². The molecule has 0 aromatic heterocycles. The first-order valence-corrected chi connectivity index (χ1v) is 22.6. The van der Waals surface area contributed by atoms with Gasteiger partial charge >= 0.3 is 5.97 Å². The van der Waals surface area contributed by atoms with Crippen molar-refractivity contribution in [2.45, 2.75) is 88.1 Å². The number of nitrogens with zero attached hydrogens (tertiary/aromatic N) is 4. The first-order valence-electron chi connectivity index (χ1n) is 21.0. The number of carbonyl (C=O) groups excluding carboxylic acids is 3. The number of carbonyl (C=O) groups is 4. The first kappa shape index (κ1) is 40.9. The number of nitrogens with one attached hydrogen (secondary N) is 1. The van der Waals surface area contributed by atoms with Gasteiger partial charge in [0.05, 0.1) is 21.0 Å². The summed E-state index contributed by atoms with van der Waals surface area (Å²) < 4.78 is 16.2. The third kappa shape index (κ3) is 10.2. The highest BCUT2D eigenvalue weighted by Gasteiger charge is 2.38. The van der Waals surface area contributed by atoms with E-state index in [2.05, 4.69) is 15.1 Å². The maximum absolute atomic E-state index is 16.2. The zero-order valence-corrected chi connectivity index (χ0v) is 34.2. The summed E-state index contributed by atoms with van der Waals surface area (Å²) in [5.74, 6) is -1.56. The molecule has 0 bridgehead atoms. The van der Waals surface area contributed by atoms with E-state index in [1.165, 1.54) is 6.07 Å². The average molecular weight is 806 g/mol. The van der Waals surface area contributed by atoms with E-state index in [0.717, 1.165) is 109 Å². The standard InChI is InChI=1S/C43H57ClFN5O5Si/c44-33-15-13-30(14-16-33)36(43(54)55)27-47-20-17-29(18-21-47)26-48-22-24-49(25-23-48)42(53)39(31-6-2-1-3-7-31)46-40(51)35-9-4-8-34(38(35)45)37-10-5-19-50(28-56-37)41(52)32-11-12-32/h4,8-9,13-16,29,31-32,36-37,39H,1-3,5-7,10-12,17-28H2,(H,46,51)(H,54,55)/t36?,37-,39+/m0/s1.